The van der Waals surface area contributed by atoms with Gasteiger partial charge in [0.05, 0.1) is 0 Å². The maximum Gasteiger partial charge on any atom is 0.222 e. The van der Waals surface area contributed by atoms with E-state index in [1.807, 2.05) is 6.92 Å². The Hall–Kier alpha value is -2.04. The molecule has 0 bridgehead atoms. The minimum Gasteiger partial charge on any atom is -0.486 e. The maximum atomic E-state index is 12.1. The molecular weight excluding hydrogens is 258 g/mol. The number of rotatable bonds is 5. The van der Waals surface area contributed by atoms with E-state index in [1.54, 1.807) is 30.1 Å². The van der Waals surface area contributed by atoms with Gasteiger partial charge in [-0.2, -0.15) is 0 Å². The Labute approximate surface area is 118 Å². The molecule has 0 saturated carbocycles. The summed E-state index contributed by atoms with van der Waals surface area (Å²) >= 11 is 0. The molecule has 5 nitrogen and oxygen atoms in total. The molecule has 20 heavy (non-hydrogen) atoms. The molecule has 0 atom stereocenters. The minimum atomic E-state index is -0.0557. The molecule has 108 valence electrons. The second-order valence-electron chi connectivity index (χ2n) is 4.69. The highest BCUT2D eigenvalue weighted by molar-refractivity contribution is 5.98. The number of carbonyl (C=O) groups is 2. The Balaban J connectivity index is 1.97. The summed E-state index contributed by atoms with van der Waals surface area (Å²) in [7, 11) is 1.73. The van der Waals surface area contributed by atoms with Crippen LogP contribution in [0.3, 0.4) is 0 Å². The van der Waals surface area contributed by atoms with Crippen molar-refractivity contribution in [1.82, 2.24) is 4.90 Å². The third-order valence-electron chi connectivity index (χ3n) is 3.33. The van der Waals surface area contributed by atoms with E-state index >= 15 is 0 Å². The van der Waals surface area contributed by atoms with Gasteiger partial charge in [-0.25, -0.2) is 0 Å². The van der Waals surface area contributed by atoms with Gasteiger partial charge in [-0.1, -0.05) is 0 Å². The number of ether oxygens (including phenoxy) is 2. The van der Waals surface area contributed by atoms with Crippen LogP contribution in [0.1, 0.15) is 30.1 Å². The van der Waals surface area contributed by atoms with Gasteiger partial charge >= 0.3 is 0 Å². The molecule has 5 heteroatoms. The largest absolute Gasteiger partial charge is 0.486 e. The summed E-state index contributed by atoms with van der Waals surface area (Å²) in [6.07, 6.45) is 0.445. The molecule has 0 spiro atoms. The van der Waals surface area contributed by atoms with E-state index in [0.29, 0.717) is 36.8 Å². The van der Waals surface area contributed by atoms with Gasteiger partial charge in [-0.05, 0) is 25.1 Å². The summed E-state index contributed by atoms with van der Waals surface area (Å²) in [6, 6.07) is 5.14. The normalized spacial score (nSPS) is 12.9. The number of carbonyl (C=O) groups excluding carboxylic acids is 2. The lowest BCUT2D eigenvalue weighted by Gasteiger charge is -2.18. The van der Waals surface area contributed by atoms with Gasteiger partial charge in [0.15, 0.2) is 17.3 Å². The molecule has 1 heterocycles. The molecule has 1 amide bonds. The Bertz CT molecular complexity index is 513. The number of nitrogens with zero attached hydrogens (tertiary/aromatic N) is 1. The fraction of sp³-hybridized carbons (Fsp3) is 0.467. The number of hydrogen-bond acceptors (Lipinski definition) is 4. The SMILES string of the molecule is CCN(C)C(=O)CCC(=O)c1ccc2c(c1)OCCO2. The van der Waals surface area contributed by atoms with Crippen LogP contribution in [0.2, 0.25) is 0 Å². The van der Waals surface area contributed by atoms with Crippen LogP contribution in [0.15, 0.2) is 18.2 Å². The zero-order valence-electron chi connectivity index (χ0n) is 11.8. The minimum absolute atomic E-state index is 0.0154. The Morgan fingerprint density at radius 3 is 2.55 bits per heavy atom. The lowest BCUT2D eigenvalue weighted by atomic mass is 10.1. The van der Waals surface area contributed by atoms with E-state index in [2.05, 4.69) is 0 Å². The summed E-state index contributed by atoms with van der Waals surface area (Å²) in [5.41, 5.74) is 0.557. The zero-order chi connectivity index (χ0) is 14.5. The van der Waals surface area contributed by atoms with E-state index in [1.165, 1.54) is 0 Å². The van der Waals surface area contributed by atoms with Gasteiger partial charge < -0.3 is 14.4 Å². The molecule has 1 aliphatic heterocycles. The van der Waals surface area contributed by atoms with Crippen LogP contribution in [0.5, 0.6) is 11.5 Å². The molecule has 0 radical (unpaired) electrons. The van der Waals surface area contributed by atoms with Crippen molar-refractivity contribution in [3.05, 3.63) is 23.8 Å². The van der Waals surface area contributed by atoms with Crippen molar-refractivity contribution in [1.29, 1.82) is 0 Å². The van der Waals surface area contributed by atoms with Crippen molar-refractivity contribution >= 4 is 11.7 Å². The van der Waals surface area contributed by atoms with Crippen LogP contribution < -0.4 is 9.47 Å². The first-order valence-corrected chi connectivity index (χ1v) is 6.78. The van der Waals surface area contributed by atoms with E-state index in [4.69, 9.17) is 9.47 Å². The summed E-state index contributed by atoms with van der Waals surface area (Å²) in [6.45, 7) is 3.57. The molecule has 0 fully saturated rings. The third-order valence-corrected chi connectivity index (χ3v) is 3.33. The molecule has 0 N–H and O–H groups in total. The Morgan fingerprint density at radius 2 is 1.85 bits per heavy atom. The van der Waals surface area contributed by atoms with Gasteiger partial charge in [0.2, 0.25) is 5.91 Å². The third kappa shape index (κ3) is 3.29. The first kappa shape index (κ1) is 14.4. The lowest BCUT2D eigenvalue weighted by Crippen LogP contribution is -2.26. The average molecular weight is 277 g/mol. The van der Waals surface area contributed by atoms with Crippen LogP contribution in [0, 0.1) is 0 Å². The van der Waals surface area contributed by atoms with E-state index in [-0.39, 0.29) is 24.5 Å². The van der Waals surface area contributed by atoms with Crippen molar-refractivity contribution in [3.63, 3.8) is 0 Å². The topological polar surface area (TPSA) is 55.8 Å². The molecule has 1 aliphatic rings. The highest BCUT2D eigenvalue weighted by atomic mass is 16.6. The molecule has 1 aromatic carbocycles. The second-order valence-corrected chi connectivity index (χ2v) is 4.69. The van der Waals surface area contributed by atoms with Crippen LogP contribution >= 0.6 is 0 Å². The van der Waals surface area contributed by atoms with Crippen molar-refractivity contribution in [2.24, 2.45) is 0 Å². The van der Waals surface area contributed by atoms with Gasteiger partial charge in [0.25, 0.3) is 0 Å². The van der Waals surface area contributed by atoms with E-state index in [0.717, 1.165) is 0 Å². The Morgan fingerprint density at radius 1 is 1.15 bits per heavy atom. The number of fused-ring (bicyclic) bond motifs is 1. The fourth-order valence-corrected chi connectivity index (χ4v) is 1.95. The quantitative estimate of drug-likeness (QED) is 0.771. The first-order chi connectivity index (χ1) is 9.61. The van der Waals surface area contributed by atoms with Gasteiger partial charge in [0, 0.05) is 32.0 Å². The maximum absolute atomic E-state index is 12.1. The van der Waals surface area contributed by atoms with Crippen LogP contribution in [0.25, 0.3) is 0 Å². The smallest absolute Gasteiger partial charge is 0.222 e. The van der Waals surface area contributed by atoms with Crippen molar-refractivity contribution < 1.29 is 19.1 Å². The zero-order valence-corrected chi connectivity index (χ0v) is 11.8. The van der Waals surface area contributed by atoms with Crippen molar-refractivity contribution in [2.75, 3.05) is 26.8 Å². The van der Waals surface area contributed by atoms with E-state index in [9.17, 15) is 9.59 Å². The molecule has 2 rings (SSSR count). The van der Waals surface area contributed by atoms with Gasteiger partial charge in [0.1, 0.15) is 13.2 Å². The molecule has 1 aromatic rings. The molecule has 0 aliphatic carbocycles. The molecule has 0 saturated heterocycles. The summed E-state index contributed by atoms with van der Waals surface area (Å²) in [5.74, 6) is 1.19. The average Bonchev–Trinajstić information content (AvgIpc) is 2.50. The highest BCUT2D eigenvalue weighted by Crippen LogP contribution is 2.31. The summed E-state index contributed by atoms with van der Waals surface area (Å²) in [5, 5.41) is 0. The van der Waals surface area contributed by atoms with E-state index < -0.39 is 0 Å². The highest BCUT2D eigenvalue weighted by Gasteiger charge is 2.16. The van der Waals surface area contributed by atoms with Gasteiger partial charge in [-0.3, -0.25) is 9.59 Å². The number of Topliss-reactive ketones (excluding diaryl/α,β-unsaturated/α-hetero) is 1. The first-order valence-electron chi connectivity index (χ1n) is 6.78. The summed E-state index contributed by atoms with van der Waals surface area (Å²) in [4.78, 5) is 25.4. The molecule has 0 unspecified atom stereocenters. The van der Waals surface area contributed by atoms with Crippen molar-refractivity contribution in [2.45, 2.75) is 19.8 Å². The second kappa shape index (κ2) is 6.41. The van der Waals surface area contributed by atoms with Crippen LogP contribution in [-0.2, 0) is 4.79 Å². The number of benzene rings is 1. The number of ketones is 1. The van der Waals surface area contributed by atoms with Crippen LogP contribution in [-0.4, -0.2) is 43.4 Å². The predicted molar refractivity (Wildman–Crippen MR) is 74.3 cm³/mol. The summed E-state index contributed by atoms with van der Waals surface area (Å²) < 4.78 is 10.8. The predicted octanol–water partition coefficient (Wildman–Crippen LogP) is 1.90. The number of amides is 1. The number of hydrogen-bond donors (Lipinski definition) is 0. The standard InChI is InChI=1S/C15H19NO4/c1-3-16(2)15(18)7-5-12(17)11-4-6-13-14(10-11)20-9-8-19-13/h4,6,10H,3,5,7-9H2,1-2H3. The molecule has 0 aromatic heterocycles. The van der Waals surface area contributed by atoms with Crippen LogP contribution in [0.4, 0.5) is 0 Å². The Kier molecular flexibility index (Phi) is 4.61. The van der Waals surface area contributed by atoms with Crippen molar-refractivity contribution in [3.8, 4) is 11.5 Å². The van der Waals surface area contributed by atoms with Gasteiger partial charge in [-0.15, -0.1) is 0 Å². The lowest BCUT2D eigenvalue weighted by molar-refractivity contribution is -0.129. The fourth-order valence-electron chi connectivity index (χ4n) is 1.95. The monoisotopic (exact) mass is 277 g/mol. The molecular formula is C15H19NO4.